The first-order valence-electron chi connectivity index (χ1n) is 7.73. The molecule has 1 aromatic heterocycles. The number of nitrogens with one attached hydrogen (secondary N) is 2. The SMILES string of the molecule is Nc1nc(NC2CCC2)sc1C(=O)NC1CCCCC1N. The van der Waals surface area contributed by atoms with E-state index in [0.717, 1.165) is 43.7 Å². The largest absolute Gasteiger partial charge is 0.382 e. The number of hydrogen-bond donors (Lipinski definition) is 4. The van der Waals surface area contributed by atoms with Crippen molar-refractivity contribution in [3.63, 3.8) is 0 Å². The van der Waals surface area contributed by atoms with Crippen LogP contribution in [-0.2, 0) is 0 Å². The Bertz CT molecular complexity index is 513. The molecule has 2 aliphatic carbocycles. The minimum absolute atomic E-state index is 0.0458. The van der Waals surface area contributed by atoms with Crippen LogP contribution in [0.4, 0.5) is 10.9 Å². The minimum atomic E-state index is -0.144. The molecule has 2 atom stereocenters. The van der Waals surface area contributed by atoms with E-state index in [1.807, 2.05) is 0 Å². The summed E-state index contributed by atoms with van der Waals surface area (Å²) in [6.07, 6.45) is 7.76. The van der Waals surface area contributed by atoms with Crippen LogP contribution in [0.5, 0.6) is 0 Å². The van der Waals surface area contributed by atoms with Crippen LogP contribution in [0.3, 0.4) is 0 Å². The van der Waals surface area contributed by atoms with Crippen molar-refractivity contribution >= 4 is 28.2 Å². The highest BCUT2D eigenvalue weighted by molar-refractivity contribution is 7.18. The first kappa shape index (κ1) is 14.6. The highest BCUT2D eigenvalue weighted by Crippen LogP contribution is 2.29. The van der Waals surface area contributed by atoms with E-state index >= 15 is 0 Å². The van der Waals surface area contributed by atoms with Crippen LogP contribution in [0.1, 0.15) is 54.6 Å². The van der Waals surface area contributed by atoms with Gasteiger partial charge in [0.2, 0.25) is 0 Å². The number of carbonyl (C=O) groups excluding carboxylic acids is 1. The maximum atomic E-state index is 12.4. The van der Waals surface area contributed by atoms with Crippen LogP contribution in [-0.4, -0.2) is 29.0 Å². The van der Waals surface area contributed by atoms with Gasteiger partial charge >= 0.3 is 0 Å². The predicted molar refractivity (Wildman–Crippen MR) is 85.5 cm³/mol. The summed E-state index contributed by atoms with van der Waals surface area (Å²) in [5.74, 6) is 0.165. The number of nitrogen functional groups attached to an aromatic ring is 1. The Labute approximate surface area is 128 Å². The second-order valence-electron chi connectivity index (χ2n) is 6.03. The van der Waals surface area contributed by atoms with Crippen molar-refractivity contribution < 1.29 is 4.79 Å². The van der Waals surface area contributed by atoms with Gasteiger partial charge in [0.15, 0.2) is 5.13 Å². The van der Waals surface area contributed by atoms with E-state index in [-0.39, 0.29) is 18.0 Å². The Morgan fingerprint density at radius 2 is 1.95 bits per heavy atom. The van der Waals surface area contributed by atoms with E-state index in [2.05, 4.69) is 15.6 Å². The number of carbonyl (C=O) groups is 1. The van der Waals surface area contributed by atoms with E-state index in [4.69, 9.17) is 11.5 Å². The normalized spacial score (nSPS) is 26.1. The van der Waals surface area contributed by atoms with Crippen molar-refractivity contribution in [1.82, 2.24) is 10.3 Å². The number of anilines is 2. The predicted octanol–water partition coefficient (Wildman–Crippen LogP) is 1.69. The van der Waals surface area contributed by atoms with E-state index < -0.39 is 0 Å². The summed E-state index contributed by atoms with van der Waals surface area (Å²) in [6.45, 7) is 0. The van der Waals surface area contributed by atoms with Gasteiger partial charge in [-0.15, -0.1) is 0 Å². The number of nitrogens with two attached hydrogens (primary N) is 2. The van der Waals surface area contributed by atoms with Gasteiger partial charge in [-0.2, -0.15) is 0 Å². The molecule has 6 N–H and O–H groups in total. The molecule has 0 bridgehead atoms. The summed E-state index contributed by atoms with van der Waals surface area (Å²) in [7, 11) is 0. The molecule has 0 saturated heterocycles. The van der Waals surface area contributed by atoms with Gasteiger partial charge in [0, 0.05) is 18.1 Å². The quantitative estimate of drug-likeness (QED) is 0.677. The zero-order valence-corrected chi connectivity index (χ0v) is 12.9. The summed E-state index contributed by atoms with van der Waals surface area (Å²) in [6, 6.07) is 0.582. The van der Waals surface area contributed by atoms with Crippen molar-refractivity contribution in [3.8, 4) is 0 Å². The van der Waals surface area contributed by atoms with Crippen molar-refractivity contribution in [1.29, 1.82) is 0 Å². The minimum Gasteiger partial charge on any atom is -0.382 e. The van der Waals surface area contributed by atoms with E-state index in [1.54, 1.807) is 0 Å². The van der Waals surface area contributed by atoms with Gasteiger partial charge in [-0.25, -0.2) is 4.98 Å². The van der Waals surface area contributed by atoms with Crippen molar-refractivity contribution in [2.45, 2.75) is 63.1 Å². The Hall–Kier alpha value is -1.34. The molecule has 0 spiro atoms. The molecule has 1 aromatic rings. The number of amides is 1. The maximum absolute atomic E-state index is 12.4. The lowest BCUT2D eigenvalue weighted by atomic mass is 9.91. The van der Waals surface area contributed by atoms with E-state index in [9.17, 15) is 4.79 Å². The summed E-state index contributed by atoms with van der Waals surface area (Å²) < 4.78 is 0. The zero-order valence-electron chi connectivity index (χ0n) is 12.1. The molecule has 2 saturated carbocycles. The smallest absolute Gasteiger partial charge is 0.265 e. The third kappa shape index (κ3) is 3.29. The molecule has 2 unspecified atom stereocenters. The topological polar surface area (TPSA) is 106 Å². The summed E-state index contributed by atoms with van der Waals surface area (Å²) in [5, 5.41) is 7.09. The highest BCUT2D eigenvalue weighted by Gasteiger charge is 2.26. The average Bonchev–Trinajstić information content (AvgIpc) is 2.78. The maximum Gasteiger partial charge on any atom is 0.265 e. The molecule has 2 aliphatic rings. The Morgan fingerprint density at radius 3 is 2.62 bits per heavy atom. The molecule has 1 amide bonds. The number of thiazole rings is 1. The monoisotopic (exact) mass is 309 g/mol. The second-order valence-corrected chi connectivity index (χ2v) is 7.03. The van der Waals surface area contributed by atoms with Gasteiger partial charge in [0.05, 0.1) is 0 Å². The molecule has 2 fully saturated rings. The third-order valence-electron chi connectivity index (χ3n) is 4.43. The van der Waals surface area contributed by atoms with Crippen LogP contribution in [0.15, 0.2) is 0 Å². The highest BCUT2D eigenvalue weighted by atomic mass is 32.1. The average molecular weight is 309 g/mol. The second kappa shape index (κ2) is 6.19. The molecule has 3 rings (SSSR count). The summed E-state index contributed by atoms with van der Waals surface area (Å²) in [5.41, 5.74) is 12.0. The summed E-state index contributed by atoms with van der Waals surface area (Å²) in [4.78, 5) is 17.1. The fourth-order valence-electron chi connectivity index (χ4n) is 2.86. The lowest BCUT2D eigenvalue weighted by Crippen LogP contribution is -2.49. The molecule has 0 aromatic carbocycles. The van der Waals surface area contributed by atoms with Gasteiger partial charge in [0.25, 0.3) is 5.91 Å². The number of rotatable bonds is 4. The first-order chi connectivity index (χ1) is 10.1. The molecule has 7 heteroatoms. The fourth-order valence-corrected chi connectivity index (χ4v) is 3.72. The molecule has 1 heterocycles. The Morgan fingerprint density at radius 1 is 1.19 bits per heavy atom. The van der Waals surface area contributed by atoms with E-state index in [0.29, 0.717) is 16.7 Å². The van der Waals surface area contributed by atoms with Crippen molar-refractivity contribution in [3.05, 3.63) is 4.88 Å². The molecule has 0 radical (unpaired) electrons. The van der Waals surface area contributed by atoms with Crippen LogP contribution in [0.25, 0.3) is 0 Å². The van der Waals surface area contributed by atoms with Gasteiger partial charge in [0.1, 0.15) is 10.7 Å². The Kier molecular flexibility index (Phi) is 4.30. The molecule has 6 nitrogen and oxygen atoms in total. The zero-order chi connectivity index (χ0) is 14.8. The van der Waals surface area contributed by atoms with E-state index in [1.165, 1.54) is 17.8 Å². The number of hydrogen-bond acceptors (Lipinski definition) is 6. The van der Waals surface area contributed by atoms with Crippen molar-refractivity contribution in [2.24, 2.45) is 5.73 Å². The van der Waals surface area contributed by atoms with Crippen LogP contribution in [0, 0.1) is 0 Å². The van der Waals surface area contributed by atoms with Crippen LogP contribution >= 0.6 is 11.3 Å². The lowest BCUT2D eigenvalue weighted by molar-refractivity contribution is 0.0926. The molecular formula is C14H23N5OS. The number of aromatic nitrogens is 1. The van der Waals surface area contributed by atoms with Gasteiger partial charge in [-0.3, -0.25) is 4.79 Å². The molecule has 116 valence electrons. The third-order valence-corrected chi connectivity index (χ3v) is 5.43. The Balaban J connectivity index is 1.63. The first-order valence-corrected chi connectivity index (χ1v) is 8.54. The van der Waals surface area contributed by atoms with Gasteiger partial charge < -0.3 is 22.1 Å². The molecule has 21 heavy (non-hydrogen) atoms. The standard InChI is InChI=1S/C14H23N5OS/c15-9-6-1-2-7-10(9)18-13(20)11-12(16)19-14(21-11)17-8-4-3-5-8/h8-10H,1-7,15-16H2,(H,17,19)(H,18,20). The fraction of sp³-hybridized carbons (Fsp3) is 0.714. The van der Waals surface area contributed by atoms with Crippen LogP contribution in [0.2, 0.25) is 0 Å². The lowest BCUT2D eigenvalue weighted by Gasteiger charge is -2.29. The van der Waals surface area contributed by atoms with Crippen LogP contribution < -0.4 is 22.1 Å². The van der Waals surface area contributed by atoms with Gasteiger partial charge in [-0.1, -0.05) is 24.2 Å². The summed E-state index contributed by atoms with van der Waals surface area (Å²) >= 11 is 1.33. The molecule has 0 aliphatic heterocycles. The van der Waals surface area contributed by atoms with Gasteiger partial charge in [-0.05, 0) is 32.1 Å². The number of nitrogens with zero attached hydrogens (tertiary/aromatic N) is 1. The van der Waals surface area contributed by atoms with Crippen molar-refractivity contribution in [2.75, 3.05) is 11.1 Å². The molecular weight excluding hydrogens is 286 g/mol.